The molecular weight excluding hydrogens is 294 g/mol. The second kappa shape index (κ2) is 6.04. The molecule has 0 fully saturated rings. The van der Waals surface area contributed by atoms with Crippen LogP contribution in [0.3, 0.4) is 0 Å². The van der Waals surface area contributed by atoms with Crippen LogP contribution in [0.25, 0.3) is 0 Å². The summed E-state index contributed by atoms with van der Waals surface area (Å²) >= 11 is 7.91. The Morgan fingerprint density at radius 1 is 1.35 bits per heavy atom. The van der Waals surface area contributed by atoms with Crippen molar-refractivity contribution < 1.29 is 9.47 Å². The number of hydrogen-bond acceptors (Lipinski definition) is 4. The van der Waals surface area contributed by atoms with Crippen LogP contribution >= 0.6 is 22.9 Å². The first-order valence-corrected chi connectivity index (χ1v) is 7.90. The minimum atomic E-state index is -0.0824. The first-order valence-electron chi connectivity index (χ1n) is 6.64. The molecule has 0 saturated carbocycles. The standard InChI is InChI=1S/C15H16ClNO2S/c1-2-17-14(15-10(16)7-8-20-15)13-9-18-11-5-3-4-6-12(11)19-13/h3-8,13-14,17H,2,9H2,1H3. The van der Waals surface area contributed by atoms with E-state index in [1.54, 1.807) is 11.3 Å². The number of rotatable bonds is 4. The molecule has 2 atom stereocenters. The van der Waals surface area contributed by atoms with E-state index in [1.165, 1.54) is 0 Å². The van der Waals surface area contributed by atoms with Gasteiger partial charge in [-0.15, -0.1) is 11.3 Å². The van der Waals surface area contributed by atoms with Crippen LogP contribution in [0, 0.1) is 0 Å². The third-order valence-corrected chi connectivity index (χ3v) is 4.70. The lowest BCUT2D eigenvalue weighted by Crippen LogP contribution is -2.41. The monoisotopic (exact) mass is 309 g/mol. The highest BCUT2D eigenvalue weighted by molar-refractivity contribution is 7.10. The molecule has 20 heavy (non-hydrogen) atoms. The van der Waals surface area contributed by atoms with E-state index in [-0.39, 0.29) is 12.1 Å². The summed E-state index contributed by atoms with van der Waals surface area (Å²) in [5.41, 5.74) is 0. The molecule has 0 radical (unpaired) electrons. The molecule has 0 bridgehead atoms. The summed E-state index contributed by atoms with van der Waals surface area (Å²) in [6.07, 6.45) is -0.0824. The lowest BCUT2D eigenvalue weighted by Gasteiger charge is -2.32. The molecule has 106 valence electrons. The van der Waals surface area contributed by atoms with Gasteiger partial charge in [0.25, 0.3) is 0 Å². The molecule has 2 unspecified atom stereocenters. The Kier molecular flexibility index (Phi) is 4.15. The highest BCUT2D eigenvalue weighted by atomic mass is 35.5. The van der Waals surface area contributed by atoms with Gasteiger partial charge in [-0.2, -0.15) is 0 Å². The first kappa shape index (κ1) is 13.7. The van der Waals surface area contributed by atoms with E-state index in [0.717, 1.165) is 27.9 Å². The minimum absolute atomic E-state index is 0.0425. The molecule has 0 aliphatic carbocycles. The number of nitrogens with one attached hydrogen (secondary N) is 1. The van der Waals surface area contributed by atoms with Gasteiger partial charge in [0.05, 0.1) is 11.1 Å². The smallest absolute Gasteiger partial charge is 0.161 e. The lowest BCUT2D eigenvalue weighted by molar-refractivity contribution is 0.0631. The summed E-state index contributed by atoms with van der Waals surface area (Å²) in [4.78, 5) is 1.10. The van der Waals surface area contributed by atoms with E-state index in [1.807, 2.05) is 35.7 Å². The van der Waals surface area contributed by atoms with E-state index in [2.05, 4.69) is 12.2 Å². The highest BCUT2D eigenvalue weighted by Gasteiger charge is 2.31. The van der Waals surface area contributed by atoms with Crippen molar-refractivity contribution in [1.29, 1.82) is 0 Å². The van der Waals surface area contributed by atoms with Crippen molar-refractivity contribution in [2.24, 2.45) is 0 Å². The molecule has 0 saturated heterocycles. The van der Waals surface area contributed by atoms with Crippen LogP contribution < -0.4 is 14.8 Å². The van der Waals surface area contributed by atoms with E-state index >= 15 is 0 Å². The molecule has 1 aromatic carbocycles. The Balaban J connectivity index is 1.85. The zero-order valence-corrected chi connectivity index (χ0v) is 12.7. The number of hydrogen-bond donors (Lipinski definition) is 1. The SMILES string of the molecule is CCNC(c1sccc1Cl)C1COc2ccccc2O1. The fourth-order valence-corrected chi connectivity index (χ4v) is 3.64. The molecule has 1 aliphatic heterocycles. The Morgan fingerprint density at radius 2 is 2.15 bits per heavy atom. The fourth-order valence-electron chi connectivity index (χ4n) is 2.34. The Bertz CT molecular complexity index is 587. The quantitative estimate of drug-likeness (QED) is 0.929. The zero-order chi connectivity index (χ0) is 13.9. The van der Waals surface area contributed by atoms with Crippen LogP contribution in [0.4, 0.5) is 0 Å². The summed E-state index contributed by atoms with van der Waals surface area (Å²) in [6.45, 7) is 3.44. The van der Waals surface area contributed by atoms with Gasteiger partial charge in [-0.25, -0.2) is 0 Å². The molecule has 1 N–H and O–H groups in total. The van der Waals surface area contributed by atoms with Gasteiger partial charge in [-0.3, -0.25) is 0 Å². The topological polar surface area (TPSA) is 30.5 Å². The number of thiophene rings is 1. The van der Waals surface area contributed by atoms with Crippen LogP contribution in [0.5, 0.6) is 11.5 Å². The summed E-state index contributed by atoms with van der Waals surface area (Å²) in [5, 5.41) is 6.23. The second-order valence-corrected chi connectivity index (χ2v) is 5.94. The summed E-state index contributed by atoms with van der Waals surface area (Å²) in [6, 6.07) is 9.71. The molecule has 1 aromatic heterocycles. The predicted molar refractivity (Wildman–Crippen MR) is 82.1 cm³/mol. The number of fused-ring (bicyclic) bond motifs is 1. The molecular formula is C15H16ClNO2S. The Labute approximate surface area is 127 Å². The Morgan fingerprint density at radius 3 is 2.85 bits per heavy atom. The second-order valence-electron chi connectivity index (χ2n) is 4.58. The maximum absolute atomic E-state index is 6.26. The van der Waals surface area contributed by atoms with Crippen LogP contribution in [0.15, 0.2) is 35.7 Å². The minimum Gasteiger partial charge on any atom is -0.486 e. The number of halogens is 1. The lowest BCUT2D eigenvalue weighted by atomic mass is 10.1. The van der Waals surface area contributed by atoms with E-state index in [0.29, 0.717) is 6.61 Å². The van der Waals surface area contributed by atoms with Gasteiger partial charge in [0.15, 0.2) is 17.6 Å². The number of para-hydroxylation sites is 2. The molecule has 2 aromatic rings. The summed E-state index contributed by atoms with van der Waals surface area (Å²) < 4.78 is 11.9. The average Bonchev–Trinajstić information content (AvgIpc) is 2.90. The van der Waals surface area contributed by atoms with Crippen LogP contribution in [-0.2, 0) is 0 Å². The molecule has 5 heteroatoms. The molecule has 3 nitrogen and oxygen atoms in total. The van der Waals surface area contributed by atoms with Gasteiger partial charge in [0, 0.05) is 4.88 Å². The zero-order valence-electron chi connectivity index (χ0n) is 11.1. The van der Waals surface area contributed by atoms with Gasteiger partial charge in [-0.1, -0.05) is 30.7 Å². The molecule has 3 rings (SSSR count). The number of ether oxygens (including phenoxy) is 2. The Hall–Kier alpha value is -1.23. The van der Waals surface area contributed by atoms with Crippen molar-refractivity contribution in [3.63, 3.8) is 0 Å². The van der Waals surface area contributed by atoms with Crippen molar-refractivity contribution in [3.05, 3.63) is 45.6 Å². The summed E-state index contributed by atoms with van der Waals surface area (Å²) in [7, 11) is 0. The molecule has 1 aliphatic rings. The van der Waals surface area contributed by atoms with Gasteiger partial charge in [-0.05, 0) is 30.1 Å². The van der Waals surface area contributed by atoms with Crippen LogP contribution in [-0.4, -0.2) is 19.3 Å². The first-order chi connectivity index (χ1) is 9.79. The van der Waals surface area contributed by atoms with Crippen molar-refractivity contribution >= 4 is 22.9 Å². The van der Waals surface area contributed by atoms with Crippen molar-refractivity contribution in [2.75, 3.05) is 13.2 Å². The number of benzene rings is 1. The molecule has 0 spiro atoms. The maximum atomic E-state index is 6.26. The number of likely N-dealkylation sites (N-methyl/N-ethyl adjacent to an activating group) is 1. The predicted octanol–water partition coefficient (Wildman–Crippen LogP) is 3.89. The molecule has 2 heterocycles. The van der Waals surface area contributed by atoms with Gasteiger partial charge < -0.3 is 14.8 Å². The average molecular weight is 310 g/mol. The van der Waals surface area contributed by atoms with Crippen LogP contribution in [0.2, 0.25) is 5.02 Å². The van der Waals surface area contributed by atoms with Gasteiger partial charge in [0.1, 0.15) is 6.61 Å². The summed E-state index contributed by atoms with van der Waals surface area (Å²) in [5.74, 6) is 1.59. The third-order valence-electron chi connectivity index (χ3n) is 3.25. The van der Waals surface area contributed by atoms with E-state index in [4.69, 9.17) is 21.1 Å². The van der Waals surface area contributed by atoms with Crippen molar-refractivity contribution in [2.45, 2.75) is 19.1 Å². The highest BCUT2D eigenvalue weighted by Crippen LogP contribution is 2.37. The third kappa shape index (κ3) is 2.64. The van der Waals surface area contributed by atoms with E-state index in [9.17, 15) is 0 Å². The van der Waals surface area contributed by atoms with Crippen LogP contribution in [0.1, 0.15) is 17.8 Å². The fraction of sp³-hybridized carbons (Fsp3) is 0.333. The van der Waals surface area contributed by atoms with E-state index < -0.39 is 0 Å². The van der Waals surface area contributed by atoms with Crippen molar-refractivity contribution in [1.82, 2.24) is 5.32 Å². The maximum Gasteiger partial charge on any atom is 0.161 e. The largest absolute Gasteiger partial charge is 0.486 e. The normalized spacial score (nSPS) is 18.8. The van der Waals surface area contributed by atoms with Gasteiger partial charge >= 0.3 is 0 Å². The van der Waals surface area contributed by atoms with Gasteiger partial charge in [0.2, 0.25) is 0 Å². The molecule has 0 amide bonds. The van der Waals surface area contributed by atoms with Crippen molar-refractivity contribution in [3.8, 4) is 11.5 Å².